The zero-order valence-corrected chi connectivity index (χ0v) is 12.7. The van der Waals surface area contributed by atoms with Gasteiger partial charge in [0.05, 0.1) is 19.4 Å². The molecule has 0 aliphatic rings. The van der Waals surface area contributed by atoms with Gasteiger partial charge in [0.2, 0.25) is 11.8 Å². The zero-order valence-electron chi connectivity index (χ0n) is 12.7. The van der Waals surface area contributed by atoms with Gasteiger partial charge >= 0.3 is 0 Å². The maximum absolute atomic E-state index is 9.49. The number of aromatic nitrogens is 2. The third-order valence-corrected chi connectivity index (χ3v) is 2.98. The Hall–Kier alpha value is -2.38. The van der Waals surface area contributed by atoms with E-state index in [0.29, 0.717) is 30.6 Å². The van der Waals surface area contributed by atoms with Crippen LogP contribution in [0.4, 0.5) is 11.6 Å². The molecule has 0 spiro atoms. The van der Waals surface area contributed by atoms with Crippen LogP contribution in [0.3, 0.4) is 0 Å². The summed E-state index contributed by atoms with van der Waals surface area (Å²) >= 11 is 0. The van der Waals surface area contributed by atoms with Crippen LogP contribution in [0.15, 0.2) is 30.3 Å². The fraction of sp³-hybridized carbons (Fsp3) is 0.333. The van der Waals surface area contributed by atoms with Gasteiger partial charge in [-0.1, -0.05) is 6.07 Å². The Kier molecular flexibility index (Phi) is 5.51. The summed E-state index contributed by atoms with van der Waals surface area (Å²) in [7, 11) is 3.44. The van der Waals surface area contributed by atoms with Crippen LogP contribution in [0.2, 0.25) is 0 Å². The van der Waals surface area contributed by atoms with Gasteiger partial charge in [0.1, 0.15) is 5.75 Å². The van der Waals surface area contributed by atoms with E-state index in [9.17, 15) is 5.11 Å². The molecule has 1 aromatic heterocycles. The second kappa shape index (κ2) is 7.58. The minimum Gasteiger partial charge on any atom is -0.508 e. The topological polar surface area (TPSA) is 90.7 Å². The average molecular weight is 304 g/mol. The van der Waals surface area contributed by atoms with Crippen molar-refractivity contribution in [2.24, 2.45) is 0 Å². The minimum atomic E-state index is 0.0904. The van der Waals surface area contributed by atoms with Crippen molar-refractivity contribution in [2.45, 2.75) is 6.54 Å². The number of nitrogens with zero attached hydrogens (tertiary/aromatic N) is 3. The molecule has 0 saturated carbocycles. The molecule has 7 heteroatoms. The molecule has 22 heavy (non-hydrogen) atoms. The van der Waals surface area contributed by atoms with Gasteiger partial charge < -0.3 is 20.3 Å². The van der Waals surface area contributed by atoms with Crippen molar-refractivity contribution in [3.63, 3.8) is 0 Å². The maximum atomic E-state index is 9.49. The lowest BCUT2D eigenvalue weighted by Crippen LogP contribution is -2.22. The van der Waals surface area contributed by atoms with Gasteiger partial charge in [0.25, 0.3) is 0 Å². The SMILES string of the molecule is COc1cc(CN(C)CCO)nc(Nc2cccc(O)c2)n1. The Morgan fingerprint density at radius 3 is 2.77 bits per heavy atom. The molecule has 1 heterocycles. The number of methoxy groups -OCH3 is 1. The third-order valence-electron chi connectivity index (χ3n) is 2.98. The molecule has 7 nitrogen and oxygen atoms in total. The Bertz CT molecular complexity index is 621. The first-order chi connectivity index (χ1) is 10.6. The molecule has 0 saturated heterocycles. The number of hydrogen-bond acceptors (Lipinski definition) is 7. The van der Waals surface area contributed by atoms with Crippen LogP contribution in [0.25, 0.3) is 0 Å². The molecule has 0 atom stereocenters. The molecule has 1 aromatic carbocycles. The highest BCUT2D eigenvalue weighted by atomic mass is 16.5. The first kappa shape index (κ1) is 16.0. The van der Waals surface area contributed by atoms with Crippen LogP contribution in [0.1, 0.15) is 5.69 Å². The molecular weight excluding hydrogens is 284 g/mol. The van der Waals surface area contributed by atoms with Gasteiger partial charge in [-0.15, -0.1) is 0 Å². The number of aliphatic hydroxyl groups is 1. The number of hydrogen-bond donors (Lipinski definition) is 3. The van der Waals surface area contributed by atoms with Crippen LogP contribution in [0, 0.1) is 0 Å². The lowest BCUT2D eigenvalue weighted by molar-refractivity contribution is 0.216. The molecule has 2 aromatic rings. The van der Waals surface area contributed by atoms with Crippen LogP contribution in [-0.4, -0.2) is 52.4 Å². The number of benzene rings is 1. The summed E-state index contributed by atoms with van der Waals surface area (Å²) in [5, 5.41) is 21.5. The van der Waals surface area contributed by atoms with E-state index in [-0.39, 0.29) is 12.4 Å². The molecule has 0 amide bonds. The van der Waals surface area contributed by atoms with Crippen LogP contribution >= 0.6 is 0 Å². The highest BCUT2D eigenvalue weighted by Crippen LogP contribution is 2.20. The summed E-state index contributed by atoms with van der Waals surface area (Å²) in [5.41, 5.74) is 1.45. The highest BCUT2D eigenvalue weighted by Gasteiger charge is 2.08. The fourth-order valence-electron chi connectivity index (χ4n) is 1.95. The monoisotopic (exact) mass is 304 g/mol. The molecule has 3 N–H and O–H groups in total. The molecule has 0 fully saturated rings. The Labute approximate surface area is 129 Å². The minimum absolute atomic E-state index is 0.0904. The number of nitrogens with one attached hydrogen (secondary N) is 1. The Morgan fingerprint density at radius 2 is 2.09 bits per heavy atom. The number of likely N-dealkylation sites (N-methyl/N-ethyl adjacent to an activating group) is 1. The molecule has 0 radical (unpaired) electrons. The van der Waals surface area contributed by atoms with Crippen LogP contribution in [0.5, 0.6) is 11.6 Å². The van der Waals surface area contributed by atoms with Gasteiger partial charge in [0.15, 0.2) is 0 Å². The molecule has 0 aliphatic carbocycles. The van der Waals surface area contributed by atoms with Crippen LogP contribution < -0.4 is 10.1 Å². The molecule has 0 unspecified atom stereocenters. The number of phenols is 1. The van der Waals surface area contributed by atoms with Gasteiger partial charge in [-0.05, 0) is 19.2 Å². The predicted octanol–water partition coefficient (Wildman–Crippen LogP) is 1.36. The molecule has 118 valence electrons. The average Bonchev–Trinajstić information content (AvgIpc) is 2.47. The summed E-state index contributed by atoms with van der Waals surface area (Å²) in [6.45, 7) is 1.21. The van der Waals surface area contributed by atoms with Gasteiger partial charge in [-0.2, -0.15) is 4.98 Å². The lowest BCUT2D eigenvalue weighted by atomic mass is 10.3. The fourth-order valence-corrected chi connectivity index (χ4v) is 1.95. The second-order valence-electron chi connectivity index (χ2n) is 4.86. The Balaban J connectivity index is 2.19. The van der Waals surface area contributed by atoms with Crippen LogP contribution in [-0.2, 0) is 6.54 Å². The summed E-state index contributed by atoms with van der Waals surface area (Å²) < 4.78 is 5.19. The normalized spacial score (nSPS) is 10.7. The van der Waals surface area contributed by atoms with E-state index in [1.54, 1.807) is 37.4 Å². The van der Waals surface area contributed by atoms with Crippen molar-refractivity contribution in [2.75, 3.05) is 32.6 Å². The summed E-state index contributed by atoms with van der Waals surface area (Å²) in [5.74, 6) is 0.998. The van der Waals surface area contributed by atoms with Crippen molar-refractivity contribution in [3.8, 4) is 11.6 Å². The van der Waals surface area contributed by atoms with Gasteiger partial charge in [-0.25, -0.2) is 4.98 Å². The van der Waals surface area contributed by atoms with Gasteiger partial charge in [-0.3, -0.25) is 4.90 Å². The number of aliphatic hydroxyl groups excluding tert-OH is 1. The van der Waals surface area contributed by atoms with Crippen molar-refractivity contribution >= 4 is 11.6 Å². The first-order valence-corrected chi connectivity index (χ1v) is 6.88. The quantitative estimate of drug-likeness (QED) is 0.711. The lowest BCUT2D eigenvalue weighted by Gasteiger charge is -2.15. The predicted molar refractivity (Wildman–Crippen MR) is 83.4 cm³/mol. The van der Waals surface area contributed by atoms with E-state index < -0.39 is 0 Å². The third kappa shape index (κ3) is 4.57. The molecule has 0 bridgehead atoms. The largest absolute Gasteiger partial charge is 0.508 e. The number of rotatable bonds is 7. The summed E-state index contributed by atoms with van der Waals surface area (Å²) in [6.07, 6.45) is 0. The summed E-state index contributed by atoms with van der Waals surface area (Å²) in [4.78, 5) is 10.6. The molecular formula is C15H20N4O3. The number of anilines is 2. The summed E-state index contributed by atoms with van der Waals surface area (Å²) in [6, 6.07) is 8.46. The van der Waals surface area contributed by atoms with E-state index in [4.69, 9.17) is 9.84 Å². The Morgan fingerprint density at radius 1 is 1.27 bits per heavy atom. The van der Waals surface area contributed by atoms with Crippen molar-refractivity contribution < 1.29 is 14.9 Å². The number of ether oxygens (including phenoxy) is 1. The van der Waals surface area contributed by atoms with E-state index in [1.807, 2.05) is 11.9 Å². The first-order valence-electron chi connectivity index (χ1n) is 6.88. The van der Waals surface area contributed by atoms with Crippen molar-refractivity contribution in [1.29, 1.82) is 0 Å². The molecule has 0 aliphatic heterocycles. The van der Waals surface area contributed by atoms with Gasteiger partial charge in [0, 0.05) is 30.9 Å². The van der Waals surface area contributed by atoms with E-state index >= 15 is 0 Å². The zero-order chi connectivity index (χ0) is 15.9. The van der Waals surface area contributed by atoms with E-state index in [0.717, 1.165) is 5.69 Å². The molecule has 2 rings (SSSR count). The van der Waals surface area contributed by atoms with Crippen molar-refractivity contribution in [1.82, 2.24) is 14.9 Å². The number of aromatic hydroxyl groups is 1. The van der Waals surface area contributed by atoms with E-state index in [2.05, 4.69) is 15.3 Å². The smallest absolute Gasteiger partial charge is 0.230 e. The van der Waals surface area contributed by atoms with E-state index in [1.165, 1.54) is 0 Å². The second-order valence-corrected chi connectivity index (χ2v) is 4.86. The standard InChI is InChI=1S/C15H20N4O3/c1-19(6-7-20)10-12-9-14(22-2)18-15(17-12)16-11-4-3-5-13(21)8-11/h3-5,8-9,20-21H,6-7,10H2,1-2H3,(H,16,17,18). The maximum Gasteiger partial charge on any atom is 0.230 e. The van der Waals surface area contributed by atoms with Crippen molar-refractivity contribution in [3.05, 3.63) is 36.0 Å². The highest BCUT2D eigenvalue weighted by molar-refractivity contribution is 5.56. The number of phenolic OH excluding ortho intramolecular Hbond substituents is 1.